The molecule has 0 saturated heterocycles. The lowest BCUT2D eigenvalue weighted by atomic mass is 9.90. The van der Waals surface area contributed by atoms with Crippen molar-refractivity contribution in [2.24, 2.45) is 5.92 Å². The van der Waals surface area contributed by atoms with Crippen molar-refractivity contribution in [1.29, 1.82) is 0 Å². The first kappa shape index (κ1) is 14.4. The van der Waals surface area contributed by atoms with Gasteiger partial charge in [0.05, 0.1) is 13.2 Å². The summed E-state index contributed by atoms with van der Waals surface area (Å²) in [6.45, 7) is 2.03. The van der Waals surface area contributed by atoms with Crippen molar-refractivity contribution in [1.82, 2.24) is 0 Å². The molecule has 0 bridgehead atoms. The predicted molar refractivity (Wildman–Crippen MR) is 78.5 cm³/mol. The second kappa shape index (κ2) is 6.95. The lowest BCUT2D eigenvalue weighted by Gasteiger charge is -2.19. The maximum Gasteiger partial charge on any atom is 0.121 e. The van der Waals surface area contributed by atoms with Crippen molar-refractivity contribution in [3.05, 3.63) is 29.3 Å². The molecule has 0 aliphatic heterocycles. The average molecular weight is 262 g/mol. The summed E-state index contributed by atoms with van der Waals surface area (Å²) in [7, 11) is 1.68. The predicted octanol–water partition coefficient (Wildman–Crippen LogP) is 4.40. The van der Waals surface area contributed by atoms with Crippen LogP contribution in [0.5, 0.6) is 5.75 Å². The smallest absolute Gasteiger partial charge is 0.121 e. The molecule has 1 aromatic rings. The molecule has 1 fully saturated rings. The van der Waals surface area contributed by atoms with Crippen LogP contribution in [0.1, 0.15) is 62.2 Å². The molecule has 0 radical (unpaired) electrons. The molecule has 1 atom stereocenters. The van der Waals surface area contributed by atoms with Gasteiger partial charge in [-0.1, -0.05) is 44.6 Å². The molecule has 19 heavy (non-hydrogen) atoms. The van der Waals surface area contributed by atoms with Crippen molar-refractivity contribution in [3.63, 3.8) is 0 Å². The number of hydrogen-bond donors (Lipinski definition) is 1. The highest BCUT2D eigenvalue weighted by atomic mass is 16.5. The quantitative estimate of drug-likeness (QED) is 0.815. The maximum atomic E-state index is 10.4. The summed E-state index contributed by atoms with van der Waals surface area (Å²) in [6.07, 6.45) is 8.55. The average Bonchev–Trinajstić information content (AvgIpc) is 2.67. The first-order valence-corrected chi connectivity index (χ1v) is 7.53. The van der Waals surface area contributed by atoms with Crippen LogP contribution >= 0.6 is 0 Å². The minimum atomic E-state index is -0.326. The fourth-order valence-corrected chi connectivity index (χ4v) is 3.16. The van der Waals surface area contributed by atoms with E-state index in [1.807, 2.05) is 19.1 Å². The van der Waals surface area contributed by atoms with Gasteiger partial charge < -0.3 is 9.84 Å². The molecule has 106 valence electrons. The maximum absolute atomic E-state index is 10.4. The Balaban J connectivity index is 1.98. The Morgan fingerprint density at radius 2 is 1.89 bits per heavy atom. The highest BCUT2D eigenvalue weighted by Crippen LogP contribution is 2.32. The third-order valence-electron chi connectivity index (χ3n) is 4.34. The summed E-state index contributed by atoms with van der Waals surface area (Å²) in [5.41, 5.74) is 2.13. The van der Waals surface area contributed by atoms with Gasteiger partial charge in [-0.25, -0.2) is 0 Å². The van der Waals surface area contributed by atoms with Crippen LogP contribution in [0.3, 0.4) is 0 Å². The fourth-order valence-electron chi connectivity index (χ4n) is 3.16. The largest absolute Gasteiger partial charge is 0.496 e. The Bertz CT molecular complexity index is 392. The lowest BCUT2D eigenvalue weighted by Crippen LogP contribution is -2.07. The van der Waals surface area contributed by atoms with Gasteiger partial charge in [0.2, 0.25) is 0 Å². The van der Waals surface area contributed by atoms with E-state index < -0.39 is 0 Å². The van der Waals surface area contributed by atoms with Crippen LogP contribution in [0.15, 0.2) is 18.2 Å². The molecule has 1 N–H and O–H groups in total. The van der Waals surface area contributed by atoms with Gasteiger partial charge in [0.1, 0.15) is 5.75 Å². The van der Waals surface area contributed by atoms with E-state index in [0.717, 1.165) is 23.3 Å². The minimum absolute atomic E-state index is 0.326. The minimum Gasteiger partial charge on any atom is -0.496 e. The summed E-state index contributed by atoms with van der Waals surface area (Å²) < 4.78 is 5.26. The van der Waals surface area contributed by atoms with Crippen molar-refractivity contribution in [3.8, 4) is 5.75 Å². The van der Waals surface area contributed by atoms with Gasteiger partial charge >= 0.3 is 0 Å². The van der Waals surface area contributed by atoms with Gasteiger partial charge in [0, 0.05) is 0 Å². The molecule has 1 unspecified atom stereocenters. The molecular formula is C17H26O2. The van der Waals surface area contributed by atoms with E-state index in [0.29, 0.717) is 5.92 Å². The summed E-state index contributed by atoms with van der Waals surface area (Å²) in [6, 6.07) is 6.01. The number of hydrogen-bond acceptors (Lipinski definition) is 2. The summed E-state index contributed by atoms with van der Waals surface area (Å²) in [5.74, 6) is 1.59. The highest BCUT2D eigenvalue weighted by Gasteiger charge is 2.18. The highest BCUT2D eigenvalue weighted by molar-refractivity contribution is 5.36. The number of aryl methyl sites for hydroxylation is 1. The van der Waals surface area contributed by atoms with Crippen molar-refractivity contribution in [2.45, 2.75) is 58.0 Å². The molecular weight excluding hydrogens is 236 g/mol. The topological polar surface area (TPSA) is 29.5 Å². The zero-order chi connectivity index (χ0) is 13.7. The third kappa shape index (κ3) is 3.97. The second-order valence-electron chi connectivity index (χ2n) is 5.84. The molecule has 0 spiro atoms. The van der Waals surface area contributed by atoms with E-state index in [2.05, 4.69) is 6.07 Å². The summed E-state index contributed by atoms with van der Waals surface area (Å²) in [5, 5.41) is 10.4. The van der Waals surface area contributed by atoms with Gasteiger partial charge in [0.15, 0.2) is 0 Å². The lowest BCUT2D eigenvalue weighted by molar-refractivity contribution is 0.139. The summed E-state index contributed by atoms with van der Waals surface area (Å²) in [4.78, 5) is 0. The Morgan fingerprint density at radius 1 is 1.21 bits per heavy atom. The molecule has 1 aromatic carbocycles. The number of aliphatic hydroxyl groups is 1. The van der Waals surface area contributed by atoms with Gasteiger partial charge in [-0.2, -0.15) is 0 Å². The Labute approximate surface area is 116 Å². The zero-order valence-electron chi connectivity index (χ0n) is 12.2. The molecule has 0 amide bonds. The standard InChI is InChI=1S/C17H26O2/c1-13-11-15(9-10-17(13)19-2)16(18)12-14-7-5-3-4-6-8-14/h9-11,14,16,18H,3-8,12H2,1-2H3. The Morgan fingerprint density at radius 3 is 2.47 bits per heavy atom. The number of methoxy groups -OCH3 is 1. The van der Waals surface area contributed by atoms with Crippen LogP contribution in [0.25, 0.3) is 0 Å². The van der Waals surface area contributed by atoms with Crippen LogP contribution in [-0.2, 0) is 0 Å². The van der Waals surface area contributed by atoms with Crippen LogP contribution in [0.4, 0.5) is 0 Å². The SMILES string of the molecule is COc1ccc(C(O)CC2CCCCCC2)cc1C. The van der Waals surface area contributed by atoms with Crippen LogP contribution in [-0.4, -0.2) is 12.2 Å². The van der Waals surface area contributed by atoms with E-state index in [-0.39, 0.29) is 6.10 Å². The first-order chi connectivity index (χ1) is 9.20. The van der Waals surface area contributed by atoms with Gasteiger partial charge in [-0.3, -0.25) is 0 Å². The molecule has 2 heteroatoms. The third-order valence-corrected chi connectivity index (χ3v) is 4.34. The molecule has 2 rings (SSSR count). The van der Waals surface area contributed by atoms with Gasteiger partial charge in [0.25, 0.3) is 0 Å². The zero-order valence-corrected chi connectivity index (χ0v) is 12.2. The molecule has 2 nitrogen and oxygen atoms in total. The first-order valence-electron chi connectivity index (χ1n) is 7.53. The number of ether oxygens (including phenoxy) is 1. The van der Waals surface area contributed by atoms with Gasteiger partial charge in [-0.05, 0) is 42.5 Å². The van der Waals surface area contributed by atoms with Gasteiger partial charge in [-0.15, -0.1) is 0 Å². The van der Waals surface area contributed by atoms with Crippen LogP contribution in [0.2, 0.25) is 0 Å². The van der Waals surface area contributed by atoms with E-state index >= 15 is 0 Å². The molecule has 1 aliphatic rings. The van der Waals surface area contributed by atoms with Crippen LogP contribution in [0, 0.1) is 12.8 Å². The van der Waals surface area contributed by atoms with E-state index in [9.17, 15) is 5.11 Å². The Hall–Kier alpha value is -1.02. The number of benzene rings is 1. The molecule has 0 heterocycles. The van der Waals surface area contributed by atoms with E-state index in [4.69, 9.17) is 4.74 Å². The van der Waals surface area contributed by atoms with Crippen molar-refractivity contribution < 1.29 is 9.84 Å². The molecule has 1 saturated carbocycles. The normalized spacial score (nSPS) is 18.9. The van der Waals surface area contributed by atoms with E-state index in [1.54, 1.807) is 7.11 Å². The molecule has 0 aromatic heterocycles. The Kier molecular flexibility index (Phi) is 5.26. The van der Waals surface area contributed by atoms with Crippen LogP contribution < -0.4 is 4.74 Å². The number of aliphatic hydroxyl groups excluding tert-OH is 1. The second-order valence-corrected chi connectivity index (χ2v) is 5.84. The number of rotatable bonds is 4. The molecule has 1 aliphatic carbocycles. The fraction of sp³-hybridized carbons (Fsp3) is 0.647. The van der Waals surface area contributed by atoms with E-state index in [1.165, 1.54) is 38.5 Å². The van der Waals surface area contributed by atoms with Crippen molar-refractivity contribution in [2.75, 3.05) is 7.11 Å². The monoisotopic (exact) mass is 262 g/mol. The van der Waals surface area contributed by atoms with Crippen molar-refractivity contribution >= 4 is 0 Å². The summed E-state index contributed by atoms with van der Waals surface area (Å²) >= 11 is 0.